The molecule has 2 fully saturated rings. The van der Waals surface area contributed by atoms with E-state index in [0.29, 0.717) is 5.92 Å². The molecular formula is C24H35NO. The number of hydrogen-bond donors (Lipinski definition) is 0. The fourth-order valence-electron chi connectivity index (χ4n) is 4.18. The standard InChI is InChI=1S/C24H35NO/c1-19(2)21-9-5-7-11-23(12-8-6-10-21)25-15-13-24(14-16-25)17-22(18-26-24)20(3)4/h5-12,19-20,22H,13-18H2,1-4H3. The molecule has 0 saturated carbocycles. The molecule has 1 spiro atoms. The maximum Gasteiger partial charge on any atom is 0.0719 e. The zero-order valence-corrected chi connectivity index (χ0v) is 16.9. The van der Waals surface area contributed by atoms with E-state index < -0.39 is 0 Å². The Morgan fingerprint density at radius 3 is 2.00 bits per heavy atom. The highest BCUT2D eigenvalue weighted by Crippen LogP contribution is 2.41. The molecule has 3 rings (SSSR count). The van der Waals surface area contributed by atoms with Crippen LogP contribution in [0.2, 0.25) is 0 Å². The summed E-state index contributed by atoms with van der Waals surface area (Å²) in [6, 6.07) is 17.6. The molecule has 2 aliphatic heterocycles. The first-order chi connectivity index (χ1) is 12.5. The van der Waals surface area contributed by atoms with Crippen LogP contribution in [-0.2, 0) is 4.74 Å². The van der Waals surface area contributed by atoms with Crippen LogP contribution in [0.15, 0.2) is 48.5 Å². The van der Waals surface area contributed by atoms with Crippen molar-refractivity contribution in [1.82, 2.24) is 0 Å². The fraction of sp³-hybridized carbons (Fsp3) is 0.583. The molecule has 0 radical (unpaired) electrons. The van der Waals surface area contributed by atoms with Crippen molar-refractivity contribution in [3.63, 3.8) is 0 Å². The SMILES string of the molecule is CC(C)c1ccccc(N2CCC3(CC2)CC(C(C)C)CO3)cccc1. The fourth-order valence-corrected chi connectivity index (χ4v) is 4.18. The second-order valence-corrected chi connectivity index (χ2v) is 8.71. The third-order valence-electron chi connectivity index (χ3n) is 6.22. The monoisotopic (exact) mass is 353 g/mol. The van der Waals surface area contributed by atoms with Crippen LogP contribution in [0.3, 0.4) is 0 Å². The predicted octanol–water partition coefficient (Wildman–Crippen LogP) is 5.97. The highest BCUT2D eigenvalue weighted by molar-refractivity contribution is 5.45. The van der Waals surface area contributed by atoms with Crippen LogP contribution >= 0.6 is 0 Å². The molecule has 2 saturated heterocycles. The third-order valence-corrected chi connectivity index (χ3v) is 6.22. The number of nitrogens with zero attached hydrogens (tertiary/aromatic N) is 1. The van der Waals surface area contributed by atoms with Crippen molar-refractivity contribution in [3.8, 4) is 0 Å². The third kappa shape index (κ3) is 4.59. The van der Waals surface area contributed by atoms with Crippen molar-refractivity contribution in [2.24, 2.45) is 11.8 Å². The normalized spacial score (nSPS) is 22.1. The molecule has 0 amide bonds. The van der Waals surface area contributed by atoms with E-state index in [1.54, 1.807) is 0 Å². The second kappa shape index (κ2) is 8.43. The number of anilines is 1. The van der Waals surface area contributed by atoms with Gasteiger partial charge in [-0.15, -0.1) is 0 Å². The summed E-state index contributed by atoms with van der Waals surface area (Å²) in [6.45, 7) is 12.3. The van der Waals surface area contributed by atoms with Gasteiger partial charge in [-0.05, 0) is 54.7 Å². The molecule has 2 aliphatic rings. The second-order valence-electron chi connectivity index (χ2n) is 8.71. The Kier molecular flexibility index (Phi) is 6.24. The quantitative estimate of drug-likeness (QED) is 0.664. The zero-order chi connectivity index (χ0) is 18.6. The lowest BCUT2D eigenvalue weighted by Gasteiger charge is -2.40. The summed E-state index contributed by atoms with van der Waals surface area (Å²) in [4.78, 5) is 2.51. The van der Waals surface area contributed by atoms with E-state index in [4.69, 9.17) is 4.74 Å². The van der Waals surface area contributed by atoms with Crippen LogP contribution in [-0.4, -0.2) is 25.3 Å². The molecule has 142 valence electrons. The Bertz CT molecular complexity index is 614. The Balaban J connectivity index is 1.69. The van der Waals surface area contributed by atoms with Gasteiger partial charge in [-0.25, -0.2) is 0 Å². The van der Waals surface area contributed by atoms with E-state index in [2.05, 4.69) is 81.1 Å². The van der Waals surface area contributed by atoms with Crippen LogP contribution in [0.25, 0.3) is 0 Å². The van der Waals surface area contributed by atoms with Gasteiger partial charge in [0.25, 0.3) is 0 Å². The largest absolute Gasteiger partial charge is 0.375 e. The minimum absolute atomic E-state index is 0.149. The van der Waals surface area contributed by atoms with E-state index >= 15 is 0 Å². The van der Waals surface area contributed by atoms with Gasteiger partial charge in [0.05, 0.1) is 12.2 Å². The molecule has 1 aromatic rings. The van der Waals surface area contributed by atoms with Crippen molar-refractivity contribution in [1.29, 1.82) is 0 Å². The van der Waals surface area contributed by atoms with Crippen molar-refractivity contribution in [2.75, 3.05) is 24.6 Å². The maximum atomic E-state index is 6.31. The molecule has 2 heterocycles. The molecule has 0 aliphatic carbocycles. The molecule has 0 aromatic heterocycles. The zero-order valence-electron chi connectivity index (χ0n) is 16.9. The molecule has 26 heavy (non-hydrogen) atoms. The van der Waals surface area contributed by atoms with Gasteiger partial charge in [-0.1, -0.05) is 64.1 Å². The topological polar surface area (TPSA) is 12.5 Å². The van der Waals surface area contributed by atoms with Gasteiger partial charge in [0, 0.05) is 18.8 Å². The van der Waals surface area contributed by atoms with E-state index in [1.807, 2.05) is 0 Å². The smallest absolute Gasteiger partial charge is 0.0719 e. The van der Waals surface area contributed by atoms with Gasteiger partial charge < -0.3 is 9.64 Å². The summed E-state index contributed by atoms with van der Waals surface area (Å²) in [7, 11) is 0. The Morgan fingerprint density at radius 1 is 0.923 bits per heavy atom. The summed E-state index contributed by atoms with van der Waals surface area (Å²) < 4.78 is 6.31. The number of piperidine rings is 1. The highest BCUT2D eigenvalue weighted by atomic mass is 16.5. The van der Waals surface area contributed by atoms with Crippen molar-refractivity contribution in [3.05, 3.63) is 54.1 Å². The Labute approximate surface area is 159 Å². The van der Waals surface area contributed by atoms with Crippen molar-refractivity contribution < 1.29 is 4.74 Å². The van der Waals surface area contributed by atoms with Crippen LogP contribution in [0.4, 0.5) is 5.69 Å². The minimum atomic E-state index is 0.149. The number of ether oxygens (including phenoxy) is 1. The van der Waals surface area contributed by atoms with Crippen LogP contribution in [0.5, 0.6) is 0 Å². The Morgan fingerprint density at radius 2 is 1.50 bits per heavy atom. The summed E-state index contributed by atoms with van der Waals surface area (Å²) in [5.41, 5.74) is 2.82. The first kappa shape index (κ1) is 19.2. The molecule has 0 N–H and O–H groups in total. The van der Waals surface area contributed by atoms with Gasteiger partial charge in [0.15, 0.2) is 0 Å². The number of rotatable bonds is 3. The van der Waals surface area contributed by atoms with Gasteiger partial charge in [-0.2, -0.15) is 0 Å². The predicted molar refractivity (Wildman–Crippen MR) is 111 cm³/mol. The van der Waals surface area contributed by atoms with Gasteiger partial charge in [0.2, 0.25) is 0 Å². The van der Waals surface area contributed by atoms with Crippen LogP contribution in [0.1, 0.15) is 58.4 Å². The molecule has 0 bridgehead atoms. The van der Waals surface area contributed by atoms with Gasteiger partial charge >= 0.3 is 0 Å². The summed E-state index contributed by atoms with van der Waals surface area (Å²) >= 11 is 0. The number of hydrogen-bond acceptors (Lipinski definition) is 2. The van der Waals surface area contributed by atoms with E-state index in [-0.39, 0.29) is 5.60 Å². The van der Waals surface area contributed by atoms with E-state index in [0.717, 1.165) is 44.4 Å². The van der Waals surface area contributed by atoms with Gasteiger partial charge in [0.1, 0.15) is 0 Å². The van der Waals surface area contributed by atoms with Crippen molar-refractivity contribution >= 4 is 5.69 Å². The molecule has 1 aromatic carbocycles. The highest BCUT2D eigenvalue weighted by Gasteiger charge is 2.43. The average molecular weight is 354 g/mol. The average Bonchev–Trinajstić information content (AvgIpc) is 3.04. The van der Waals surface area contributed by atoms with Crippen molar-refractivity contribution in [2.45, 2.75) is 58.5 Å². The lowest BCUT2D eigenvalue weighted by molar-refractivity contribution is -0.0155. The van der Waals surface area contributed by atoms with E-state index in [1.165, 1.54) is 17.7 Å². The Hall–Kier alpha value is -1.54. The lowest BCUT2D eigenvalue weighted by Crippen LogP contribution is -2.44. The minimum Gasteiger partial charge on any atom is -0.375 e. The summed E-state index contributed by atoms with van der Waals surface area (Å²) in [5, 5.41) is 0. The van der Waals surface area contributed by atoms with Crippen LogP contribution in [0, 0.1) is 11.8 Å². The maximum absolute atomic E-state index is 6.31. The molecule has 1 atom stereocenters. The first-order valence-corrected chi connectivity index (χ1v) is 10.3. The summed E-state index contributed by atoms with van der Waals surface area (Å²) in [5.74, 6) is 2.02. The van der Waals surface area contributed by atoms with Gasteiger partial charge in [-0.3, -0.25) is 0 Å². The van der Waals surface area contributed by atoms with Crippen LogP contribution < -0.4 is 4.90 Å². The summed E-state index contributed by atoms with van der Waals surface area (Å²) in [6.07, 6.45) is 3.55. The first-order valence-electron chi connectivity index (χ1n) is 10.3. The molecular weight excluding hydrogens is 318 g/mol. The molecule has 1 unspecified atom stereocenters. The molecule has 2 nitrogen and oxygen atoms in total. The van der Waals surface area contributed by atoms with E-state index in [9.17, 15) is 0 Å². The molecule has 2 heteroatoms. The lowest BCUT2D eigenvalue weighted by atomic mass is 9.82.